The molecule has 0 aromatic heterocycles. The van der Waals surface area contributed by atoms with E-state index in [4.69, 9.17) is 4.74 Å². The molecule has 0 aliphatic carbocycles. The average molecular weight is 491 g/mol. The van der Waals surface area contributed by atoms with Crippen LogP contribution in [0.1, 0.15) is 39.2 Å². The van der Waals surface area contributed by atoms with E-state index in [-0.39, 0.29) is 36.8 Å². The molecule has 0 fully saturated rings. The van der Waals surface area contributed by atoms with E-state index in [0.717, 1.165) is 24.3 Å². The van der Waals surface area contributed by atoms with Crippen molar-refractivity contribution in [2.45, 2.75) is 46.3 Å². The number of benzene rings is 1. The highest BCUT2D eigenvalue weighted by atomic mass is 32.2. The Labute approximate surface area is 193 Å². The van der Waals surface area contributed by atoms with Gasteiger partial charge < -0.3 is 9.64 Å². The van der Waals surface area contributed by atoms with Crippen molar-refractivity contribution in [2.75, 3.05) is 55.1 Å². The molecule has 0 N–H and O–H groups in total. The van der Waals surface area contributed by atoms with Crippen LogP contribution < -0.4 is 4.90 Å². The second-order valence-electron chi connectivity index (χ2n) is 8.08. The molecule has 1 aromatic rings. The first kappa shape index (κ1) is 28.4. The number of hydrogen-bond donors (Lipinski definition) is 0. The number of rotatable bonds is 15. The zero-order valence-corrected chi connectivity index (χ0v) is 21.5. The first-order chi connectivity index (χ1) is 14.8. The second-order valence-corrected chi connectivity index (χ2v) is 12.6. The molecule has 1 aromatic carbocycles. The number of hydrogen-bond acceptors (Lipinski definition) is 8. The fourth-order valence-corrected chi connectivity index (χ4v) is 4.40. The minimum atomic E-state index is -3.17. The zero-order valence-electron chi connectivity index (χ0n) is 19.9. The Morgan fingerprint density at radius 2 is 1.44 bits per heavy atom. The van der Waals surface area contributed by atoms with Crippen molar-refractivity contribution in [3.05, 3.63) is 29.8 Å². The molecule has 0 saturated carbocycles. The fourth-order valence-electron chi connectivity index (χ4n) is 3.29. The summed E-state index contributed by atoms with van der Waals surface area (Å²) in [6, 6.07) is 7.57. The summed E-state index contributed by atoms with van der Waals surface area (Å²) >= 11 is 0. The maximum Gasteiger partial charge on any atom is 0.307 e. The third kappa shape index (κ3) is 11.8. The van der Waals surface area contributed by atoms with Crippen LogP contribution in [0, 0.1) is 0 Å². The number of sulfone groups is 2. The lowest BCUT2D eigenvalue weighted by Crippen LogP contribution is -2.36. The average Bonchev–Trinajstić information content (AvgIpc) is 2.68. The third-order valence-electron chi connectivity index (χ3n) is 5.24. The van der Waals surface area contributed by atoms with Gasteiger partial charge >= 0.3 is 5.97 Å². The Hall–Kier alpha value is -1.65. The van der Waals surface area contributed by atoms with E-state index in [9.17, 15) is 21.6 Å². The maximum atomic E-state index is 12.1. The molecule has 0 heterocycles. The van der Waals surface area contributed by atoms with Crippen LogP contribution in [-0.2, 0) is 35.6 Å². The van der Waals surface area contributed by atoms with Crippen LogP contribution >= 0.6 is 0 Å². The summed E-state index contributed by atoms with van der Waals surface area (Å²) < 4.78 is 51.7. The lowest BCUT2D eigenvalue weighted by Gasteiger charge is -2.25. The van der Waals surface area contributed by atoms with Crippen molar-refractivity contribution >= 4 is 31.3 Å². The number of carbonyl (C=O) groups is 1. The molecule has 0 spiro atoms. The minimum absolute atomic E-state index is 0.0491. The molecule has 1 rings (SSSR count). The summed E-state index contributed by atoms with van der Waals surface area (Å²) in [5.41, 5.74) is 1.82. The third-order valence-corrected chi connectivity index (χ3v) is 7.09. The molecule has 0 radical (unpaired) electrons. The van der Waals surface area contributed by atoms with Crippen LogP contribution in [0.3, 0.4) is 0 Å². The lowest BCUT2D eigenvalue weighted by molar-refractivity contribution is -0.157. The van der Waals surface area contributed by atoms with Gasteiger partial charge in [-0.25, -0.2) is 16.8 Å². The van der Waals surface area contributed by atoms with Gasteiger partial charge in [-0.15, -0.1) is 0 Å². The number of aryl methyl sites for hydroxylation is 1. The molecule has 32 heavy (non-hydrogen) atoms. The largest absolute Gasteiger partial charge is 0.447 e. The first-order valence-electron chi connectivity index (χ1n) is 11.0. The summed E-state index contributed by atoms with van der Waals surface area (Å²) in [7, 11) is -6.33. The van der Waals surface area contributed by atoms with Gasteiger partial charge in [0.05, 0.1) is 11.5 Å². The molecule has 10 heteroatoms. The molecule has 1 atom stereocenters. The van der Waals surface area contributed by atoms with Crippen LogP contribution in [0.4, 0.5) is 5.69 Å². The number of ether oxygens (including phenoxy) is 1. The second kappa shape index (κ2) is 13.2. The topological polar surface area (TPSA) is 101 Å². The van der Waals surface area contributed by atoms with Crippen molar-refractivity contribution < 1.29 is 26.4 Å². The Balaban J connectivity index is 2.64. The highest BCUT2D eigenvalue weighted by molar-refractivity contribution is 7.90. The molecule has 0 aliphatic heterocycles. The van der Waals surface area contributed by atoms with Crippen LogP contribution in [0.5, 0.6) is 0 Å². The minimum Gasteiger partial charge on any atom is -0.447 e. The smallest absolute Gasteiger partial charge is 0.307 e. The summed E-state index contributed by atoms with van der Waals surface area (Å²) in [6.45, 7) is 8.03. The van der Waals surface area contributed by atoms with Crippen molar-refractivity contribution in [1.82, 2.24) is 4.90 Å². The molecule has 8 nitrogen and oxygen atoms in total. The molecule has 0 aliphatic rings. The van der Waals surface area contributed by atoms with Gasteiger partial charge in [-0.2, -0.15) is 0 Å². The Morgan fingerprint density at radius 1 is 0.938 bits per heavy atom. The van der Waals surface area contributed by atoms with Crippen LogP contribution in [-0.4, -0.2) is 84.1 Å². The number of esters is 1. The van der Waals surface area contributed by atoms with E-state index >= 15 is 0 Å². The van der Waals surface area contributed by atoms with Crippen LogP contribution in [0.15, 0.2) is 24.3 Å². The zero-order chi connectivity index (χ0) is 24.4. The van der Waals surface area contributed by atoms with Crippen LogP contribution in [0.25, 0.3) is 0 Å². The molecular weight excluding hydrogens is 452 g/mol. The monoisotopic (exact) mass is 490 g/mol. The summed E-state index contributed by atoms with van der Waals surface area (Å²) in [5.74, 6) is -0.312. The van der Waals surface area contributed by atoms with E-state index < -0.39 is 19.7 Å². The maximum absolute atomic E-state index is 12.1. The molecule has 0 bridgehead atoms. The quantitative estimate of drug-likeness (QED) is 0.272. The van der Waals surface area contributed by atoms with Gasteiger partial charge in [0.2, 0.25) is 0 Å². The summed E-state index contributed by atoms with van der Waals surface area (Å²) in [5, 5.41) is 0. The van der Waals surface area contributed by atoms with Gasteiger partial charge in [0.1, 0.15) is 19.7 Å². The van der Waals surface area contributed by atoms with Crippen LogP contribution in [0.2, 0.25) is 0 Å². The molecule has 184 valence electrons. The van der Waals surface area contributed by atoms with E-state index in [1.54, 1.807) is 4.90 Å². The Bertz CT molecular complexity index is 874. The molecular formula is C22H38N2O6S2. The van der Waals surface area contributed by atoms with Crippen molar-refractivity contribution in [3.63, 3.8) is 0 Å². The Morgan fingerprint density at radius 3 is 1.88 bits per heavy atom. The van der Waals surface area contributed by atoms with Gasteiger partial charge in [0.25, 0.3) is 0 Å². The van der Waals surface area contributed by atoms with Crippen molar-refractivity contribution in [3.8, 4) is 0 Å². The standard InChI is InChI=1S/C22H38N2O6S2/c1-6-23(7-2)19(3)30-22(25)10-8-9-20-11-13-21(14-12-20)24(15-17-31(4,26)27)16-18-32(5,28)29/h11-14,19H,6-10,15-18H2,1-5H3. The predicted molar refractivity (Wildman–Crippen MR) is 129 cm³/mol. The fraction of sp³-hybridized carbons (Fsp3) is 0.682. The van der Waals surface area contributed by atoms with Gasteiger partial charge in [0.15, 0.2) is 6.23 Å². The predicted octanol–water partition coefficient (Wildman–Crippen LogP) is 2.14. The summed E-state index contributed by atoms with van der Waals surface area (Å²) in [6.07, 6.45) is 3.80. The number of anilines is 1. The van der Waals surface area contributed by atoms with E-state index in [0.29, 0.717) is 19.3 Å². The van der Waals surface area contributed by atoms with E-state index in [1.807, 2.05) is 45.0 Å². The van der Waals surface area contributed by atoms with Gasteiger partial charge in [-0.05, 0) is 50.6 Å². The number of carbonyl (C=O) groups excluding carboxylic acids is 1. The van der Waals surface area contributed by atoms with Crippen molar-refractivity contribution in [2.24, 2.45) is 0 Å². The Kier molecular flexibility index (Phi) is 11.7. The number of nitrogens with zero attached hydrogens (tertiary/aromatic N) is 2. The lowest BCUT2D eigenvalue weighted by atomic mass is 10.1. The molecule has 0 amide bonds. The highest BCUT2D eigenvalue weighted by Gasteiger charge is 2.15. The van der Waals surface area contributed by atoms with Gasteiger partial charge in [-0.3, -0.25) is 9.69 Å². The summed E-state index contributed by atoms with van der Waals surface area (Å²) in [4.78, 5) is 15.9. The van der Waals surface area contributed by atoms with Crippen molar-refractivity contribution in [1.29, 1.82) is 0 Å². The van der Waals surface area contributed by atoms with E-state index in [2.05, 4.69) is 4.90 Å². The SMILES string of the molecule is CCN(CC)C(C)OC(=O)CCCc1ccc(N(CCS(C)(=O)=O)CCS(C)(=O)=O)cc1. The highest BCUT2D eigenvalue weighted by Crippen LogP contribution is 2.17. The first-order valence-corrected chi connectivity index (χ1v) is 15.1. The molecule has 0 saturated heterocycles. The van der Waals surface area contributed by atoms with E-state index in [1.165, 1.54) is 12.5 Å². The van der Waals surface area contributed by atoms with Gasteiger partial charge in [0, 0.05) is 37.7 Å². The molecule has 1 unspecified atom stereocenters. The van der Waals surface area contributed by atoms with Gasteiger partial charge in [-0.1, -0.05) is 26.0 Å². The normalized spacial score (nSPS) is 13.2.